The lowest BCUT2D eigenvalue weighted by molar-refractivity contribution is -0.142. The number of methoxy groups -OCH3 is 1. The minimum Gasteiger partial charge on any atom is -0.497 e. The van der Waals surface area contributed by atoms with E-state index in [1.165, 1.54) is 0 Å². The van der Waals surface area contributed by atoms with Gasteiger partial charge in [0.05, 0.1) is 18.7 Å². The van der Waals surface area contributed by atoms with E-state index in [4.69, 9.17) is 9.72 Å². The molecule has 0 saturated heterocycles. The van der Waals surface area contributed by atoms with Gasteiger partial charge in [-0.05, 0) is 37.6 Å². The summed E-state index contributed by atoms with van der Waals surface area (Å²) in [5.74, 6) is 0.760. The third-order valence-corrected chi connectivity index (χ3v) is 4.13. The molecule has 1 N–H and O–H groups in total. The van der Waals surface area contributed by atoms with Crippen LogP contribution in [0, 0.1) is 12.8 Å². The number of carboxylic acids is 1. The van der Waals surface area contributed by atoms with Crippen molar-refractivity contribution in [2.24, 2.45) is 5.92 Å². The molecule has 0 spiro atoms. The number of carboxylic acid groups (broad SMARTS) is 1. The van der Waals surface area contributed by atoms with Crippen LogP contribution in [0.4, 0.5) is 0 Å². The van der Waals surface area contributed by atoms with Crippen LogP contribution in [0.15, 0.2) is 24.3 Å². The highest BCUT2D eigenvalue weighted by molar-refractivity contribution is 5.70. The summed E-state index contributed by atoms with van der Waals surface area (Å²) >= 11 is 0. The molecule has 0 bridgehead atoms. The van der Waals surface area contributed by atoms with Crippen LogP contribution in [-0.2, 0) is 17.8 Å². The van der Waals surface area contributed by atoms with E-state index in [1.54, 1.807) is 7.11 Å². The summed E-state index contributed by atoms with van der Waals surface area (Å²) in [6.45, 7) is 2.51. The molecule has 1 aliphatic heterocycles. The first-order chi connectivity index (χ1) is 10.1. The Kier molecular flexibility index (Phi) is 3.41. The number of aromatic nitrogens is 2. The van der Waals surface area contributed by atoms with Gasteiger partial charge < -0.3 is 14.4 Å². The summed E-state index contributed by atoms with van der Waals surface area (Å²) in [4.78, 5) is 15.9. The van der Waals surface area contributed by atoms with Crippen LogP contribution in [0.2, 0.25) is 0 Å². The molecule has 0 fully saturated rings. The van der Waals surface area contributed by atoms with Gasteiger partial charge in [-0.15, -0.1) is 0 Å². The van der Waals surface area contributed by atoms with Crippen LogP contribution in [-0.4, -0.2) is 27.7 Å². The molecule has 5 nitrogen and oxygen atoms in total. The molecule has 0 radical (unpaired) electrons. The number of ether oxygens (including phenoxy) is 1. The monoisotopic (exact) mass is 286 g/mol. The van der Waals surface area contributed by atoms with Gasteiger partial charge >= 0.3 is 5.97 Å². The van der Waals surface area contributed by atoms with Crippen LogP contribution in [0.25, 0.3) is 11.3 Å². The minimum absolute atomic E-state index is 0.311. The second-order valence-corrected chi connectivity index (χ2v) is 5.37. The number of hydrogen-bond acceptors (Lipinski definition) is 3. The van der Waals surface area contributed by atoms with Crippen LogP contribution in [0.5, 0.6) is 5.75 Å². The second-order valence-electron chi connectivity index (χ2n) is 5.37. The minimum atomic E-state index is -0.722. The summed E-state index contributed by atoms with van der Waals surface area (Å²) in [7, 11) is 1.64. The number of benzene rings is 1. The highest BCUT2D eigenvalue weighted by atomic mass is 16.5. The summed E-state index contributed by atoms with van der Waals surface area (Å²) in [5, 5.41) is 9.19. The number of hydrogen-bond donors (Lipinski definition) is 1. The maximum Gasteiger partial charge on any atom is 0.308 e. The Bertz CT molecular complexity index is 674. The summed E-state index contributed by atoms with van der Waals surface area (Å²) < 4.78 is 7.21. The zero-order valence-electron chi connectivity index (χ0n) is 12.2. The maximum atomic E-state index is 11.2. The molecule has 1 aromatic carbocycles. The topological polar surface area (TPSA) is 64.4 Å². The summed E-state index contributed by atoms with van der Waals surface area (Å²) in [6, 6.07) is 7.78. The van der Waals surface area contributed by atoms with Crippen molar-refractivity contribution in [3.05, 3.63) is 35.8 Å². The van der Waals surface area contributed by atoms with Gasteiger partial charge in [-0.2, -0.15) is 0 Å². The predicted molar refractivity (Wildman–Crippen MR) is 78.4 cm³/mol. The molecule has 3 rings (SSSR count). The fraction of sp³-hybridized carbons (Fsp3) is 0.375. The van der Waals surface area contributed by atoms with E-state index >= 15 is 0 Å². The largest absolute Gasteiger partial charge is 0.497 e. The lowest BCUT2D eigenvalue weighted by Gasteiger charge is -2.21. The van der Waals surface area contributed by atoms with Crippen LogP contribution in [0.3, 0.4) is 0 Å². The smallest absolute Gasteiger partial charge is 0.308 e. The molecule has 2 heterocycles. The van der Waals surface area contributed by atoms with Crippen molar-refractivity contribution >= 4 is 5.97 Å². The van der Waals surface area contributed by atoms with E-state index in [-0.39, 0.29) is 5.92 Å². The quantitative estimate of drug-likeness (QED) is 0.941. The Morgan fingerprint density at radius 3 is 2.71 bits per heavy atom. The van der Waals surface area contributed by atoms with Crippen LogP contribution >= 0.6 is 0 Å². The Labute approximate surface area is 123 Å². The average Bonchev–Trinajstić information content (AvgIpc) is 2.84. The van der Waals surface area contributed by atoms with E-state index in [9.17, 15) is 9.90 Å². The Morgan fingerprint density at radius 2 is 2.10 bits per heavy atom. The fourth-order valence-electron chi connectivity index (χ4n) is 2.86. The van der Waals surface area contributed by atoms with E-state index in [2.05, 4.69) is 0 Å². The summed E-state index contributed by atoms with van der Waals surface area (Å²) in [6.07, 6.45) is 1.38. The van der Waals surface area contributed by atoms with E-state index in [0.717, 1.165) is 28.5 Å². The fourth-order valence-corrected chi connectivity index (χ4v) is 2.86. The highest BCUT2D eigenvalue weighted by Crippen LogP contribution is 2.29. The molecule has 0 amide bonds. The predicted octanol–water partition coefficient (Wildman–Crippen LogP) is 2.51. The van der Waals surface area contributed by atoms with Crippen molar-refractivity contribution in [3.8, 4) is 17.0 Å². The molecule has 1 aliphatic rings. The average molecular weight is 286 g/mol. The van der Waals surface area contributed by atoms with Gasteiger partial charge in [0.2, 0.25) is 0 Å². The molecule has 2 aromatic rings. The Balaban J connectivity index is 1.96. The third-order valence-electron chi connectivity index (χ3n) is 4.13. The number of aliphatic carboxylic acids is 1. The van der Waals surface area contributed by atoms with Crippen molar-refractivity contribution < 1.29 is 14.6 Å². The standard InChI is InChI=1S/C16H18N2O3/c1-10-15(11-3-6-13(21-2)7-4-11)17-14-8-5-12(16(19)20)9-18(10)14/h3-4,6-7,12H,5,8-9H2,1-2H3,(H,19,20). The van der Waals surface area contributed by atoms with Crippen LogP contribution < -0.4 is 4.74 Å². The van der Waals surface area contributed by atoms with Gasteiger partial charge in [0.25, 0.3) is 0 Å². The molecule has 5 heteroatoms. The maximum absolute atomic E-state index is 11.2. The number of rotatable bonds is 3. The molecule has 110 valence electrons. The van der Waals surface area contributed by atoms with Crippen molar-refractivity contribution in [1.82, 2.24) is 9.55 Å². The van der Waals surface area contributed by atoms with Gasteiger partial charge in [0.1, 0.15) is 11.6 Å². The third kappa shape index (κ3) is 2.39. The number of aryl methyl sites for hydroxylation is 1. The van der Waals surface area contributed by atoms with Crippen LogP contribution in [0.1, 0.15) is 17.9 Å². The molecule has 21 heavy (non-hydrogen) atoms. The van der Waals surface area contributed by atoms with Crippen molar-refractivity contribution in [1.29, 1.82) is 0 Å². The molecule has 1 unspecified atom stereocenters. The molecule has 0 saturated carbocycles. The lowest BCUT2D eigenvalue weighted by atomic mass is 9.99. The number of fused-ring (bicyclic) bond motifs is 1. The number of nitrogens with zero attached hydrogens (tertiary/aromatic N) is 2. The van der Waals surface area contributed by atoms with Gasteiger partial charge in [-0.1, -0.05) is 0 Å². The first-order valence-corrected chi connectivity index (χ1v) is 7.03. The van der Waals surface area contributed by atoms with Crippen molar-refractivity contribution in [2.75, 3.05) is 7.11 Å². The van der Waals surface area contributed by atoms with Gasteiger partial charge in [-0.25, -0.2) is 4.98 Å². The molecule has 0 aliphatic carbocycles. The van der Waals surface area contributed by atoms with Gasteiger partial charge in [-0.3, -0.25) is 4.79 Å². The normalized spacial score (nSPS) is 17.3. The number of imidazole rings is 1. The zero-order chi connectivity index (χ0) is 15.0. The molecule has 1 aromatic heterocycles. The van der Waals surface area contributed by atoms with Gasteiger partial charge in [0, 0.05) is 24.2 Å². The first kappa shape index (κ1) is 13.7. The summed E-state index contributed by atoms with van der Waals surface area (Å²) in [5.41, 5.74) is 2.99. The molecular formula is C16H18N2O3. The first-order valence-electron chi connectivity index (χ1n) is 7.03. The zero-order valence-corrected chi connectivity index (χ0v) is 12.2. The molecule has 1 atom stereocenters. The lowest BCUT2D eigenvalue weighted by Crippen LogP contribution is -2.27. The van der Waals surface area contributed by atoms with E-state index in [1.807, 2.05) is 35.8 Å². The molecular weight excluding hydrogens is 268 g/mol. The van der Waals surface area contributed by atoms with Crippen molar-refractivity contribution in [3.63, 3.8) is 0 Å². The Hall–Kier alpha value is -2.30. The number of carbonyl (C=O) groups is 1. The van der Waals surface area contributed by atoms with E-state index in [0.29, 0.717) is 19.4 Å². The SMILES string of the molecule is COc1ccc(-c2nc3n(c2C)CC(C(=O)O)CC3)cc1. The second kappa shape index (κ2) is 5.24. The van der Waals surface area contributed by atoms with E-state index < -0.39 is 5.97 Å². The Morgan fingerprint density at radius 1 is 1.38 bits per heavy atom. The van der Waals surface area contributed by atoms with Crippen molar-refractivity contribution in [2.45, 2.75) is 26.3 Å². The van der Waals surface area contributed by atoms with Gasteiger partial charge in [0.15, 0.2) is 0 Å². The highest BCUT2D eigenvalue weighted by Gasteiger charge is 2.27.